The van der Waals surface area contributed by atoms with Gasteiger partial charge in [-0.1, -0.05) is 60.7 Å². The van der Waals surface area contributed by atoms with E-state index in [-0.39, 0.29) is 0 Å². The lowest BCUT2D eigenvalue weighted by molar-refractivity contribution is 0.411. The largest absolute Gasteiger partial charge is 0.497 e. The molecular formula is C26H23O4P. The van der Waals surface area contributed by atoms with Gasteiger partial charge in [0.1, 0.15) is 23.0 Å². The van der Waals surface area contributed by atoms with Crippen molar-refractivity contribution in [1.82, 2.24) is 0 Å². The van der Waals surface area contributed by atoms with E-state index in [9.17, 15) is 0 Å². The van der Waals surface area contributed by atoms with E-state index >= 15 is 0 Å². The third-order valence-electron chi connectivity index (χ3n) is 4.64. The molecule has 0 fully saturated rings. The van der Waals surface area contributed by atoms with Crippen molar-refractivity contribution in [1.29, 1.82) is 0 Å². The zero-order valence-electron chi connectivity index (χ0n) is 17.4. The predicted molar refractivity (Wildman–Crippen MR) is 126 cm³/mol. The molecule has 0 aromatic heterocycles. The third kappa shape index (κ3) is 4.99. The fourth-order valence-electron chi connectivity index (χ4n) is 3.18. The predicted octanol–water partition coefficient (Wildman–Crippen LogP) is 6.47. The number of hydrogen-bond donors (Lipinski definition) is 0. The number of rotatable bonds is 8. The first-order chi connectivity index (χ1) is 15.3. The molecule has 0 radical (unpaired) electrons. The van der Waals surface area contributed by atoms with Crippen LogP contribution in [0.3, 0.4) is 0 Å². The highest BCUT2D eigenvalue weighted by molar-refractivity contribution is 7.57. The Bertz CT molecular complexity index is 1120. The molecular weight excluding hydrogens is 407 g/mol. The quantitative estimate of drug-likeness (QED) is 0.300. The van der Waals surface area contributed by atoms with Gasteiger partial charge in [-0.2, -0.15) is 0 Å². The summed E-state index contributed by atoms with van der Waals surface area (Å²) in [5.41, 5.74) is 1.99. The van der Waals surface area contributed by atoms with Crippen LogP contribution in [-0.2, 0) is 0 Å². The average molecular weight is 430 g/mol. The van der Waals surface area contributed by atoms with Gasteiger partial charge in [-0.3, -0.25) is 0 Å². The molecule has 4 nitrogen and oxygen atoms in total. The summed E-state index contributed by atoms with van der Waals surface area (Å²) in [6.45, 7) is 0. The smallest absolute Gasteiger partial charge is 0.326 e. The van der Waals surface area contributed by atoms with E-state index in [1.807, 2.05) is 91.0 Å². The Morgan fingerprint density at radius 1 is 0.548 bits per heavy atom. The van der Waals surface area contributed by atoms with Gasteiger partial charge in [-0.05, 0) is 42.0 Å². The Morgan fingerprint density at radius 2 is 1.16 bits per heavy atom. The fraction of sp³-hybridized carbons (Fsp3) is 0.0769. The summed E-state index contributed by atoms with van der Waals surface area (Å²) in [7, 11) is 1.78. The van der Waals surface area contributed by atoms with Crippen LogP contribution in [0.4, 0.5) is 0 Å². The normalized spacial score (nSPS) is 11.4. The highest BCUT2D eigenvalue weighted by Crippen LogP contribution is 2.45. The van der Waals surface area contributed by atoms with E-state index in [4.69, 9.17) is 18.5 Å². The molecule has 0 aliphatic carbocycles. The van der Waals surface area contributed by atoms with Crippen LogP contribution in [0.5, 0.6) is 23.0 Å². The van der Waals surface area contributed by atoms with Gasteiger partial charge in [-0.15, -0.1) is 0 Å². The molecule has 0 heterocycles. The van der Waals surface area contributed by atoms with Crippen molar-refractivity contribution >= 4 is 13.7 Å². The highest BCUT2D eigenvalue weighted by atomic mass is 31.2. The van der Waals surface area contributed by atoms with Crippen LogP contribution in [-0.4, -0.2) is 14.2 Å². The van der Waals surface area contributed by atoms with Crippen molar-refractivity contribution in [3.05, 3.63) is 103 Å². The maximum absolute atomic E-state index is 6.42. The van der Waals surface area contributed by atoms with Gasteiger partial charge in [0.15, 0.2) is 0 Å². The molecule has 1 atom stereocenters. The SMILES string of the molecule is COc1cccc(OP(Oc2ccccc2)c2cccc(OC)c2-c2ccccc2)c1. The molecule has 4 aromatic rings. The summed E-state index contributed by atoms with van der Waals surface area (Å²) < 4.78 is 23.9. The maximum atomic E-state index is 6.42. The molecule has 0 aliphatic rings. The molecule has 1 unspecified atom stereocenters. The van der Waals surface area contributed by atoms with E-state index < -0.39 is 8.38 Å². The summed E-state index contributed by atoms with van der Waals surface area (Å²) in [5, 5.41) is 0.923. The second kappa shape index (κ2) is 10.0. The van der Waals surface area contributed by atoms with Crippen molar-refractivity contribution in [2.45, 2.75) is 0 Å². The Morgan fingerprint density at radius 3 is 1.87 bits per heavy atom. The summed E-state index contributed by atoms with van der Waals surface area (Å²) in [4.78, 5) is 0. The summed E-state index contributed by atoms with van der Waals surface area (Å²) in [6.07, 6.45) is 0. The van der Waals surface area contributed by atoms with Crippen LogP contribution < -0.4 is 23.8 Å². The minimum absolute atomic E-state index is 0.670. The Balaban J connectivity index is 1.81. The van der Waals surface area contributed by atoms with E-state index in [0.717, 1.165) is 33.7 Å². The second-order valence-electron chi connectivity index (χ2n) is 6.65. The minimum atomic E-state index is -1.53. The molecule has 156 valence electrons. The lowest BCUT2D eigenvalue weighted by Gasteiger charge is -2.22. The lowest BCUT2D eigenvalue weighted by atomic mass is 10.0. The molecule has 0 aliphatic heterocycles. The molecule has 0 amide bonds. The van der Waals surface area contributed by atoms with Crippen LogP contribution >= 0.6 is 8.38 Å². The van der Waals surface area contributed by atoms with Gasteiger partial charge in [-0.25, -0.2) is 0 Å². The van der Waals surface area contributed by atoms with Crippen LogP contribution in [0.25, 0.3) is 11.1 Å². The molecule has 0 saturated heterocycles. The maximum Gasteiger partial charge on any atom is 0.326 e. The van der Waals surface area contributed by atoms with E-state index in [1.54, 1.807) is 14.2 Å². The molecule has 4 rings (SSSR count). The lowest BCUT2D eigenvalue weighted by Crippen LogP contribution is -2.14. The molecule has 0 saturated carbocycles. The topological polar surface area (TPSA) is 36.9 Å². The monoisotopic (exact) mass is 430 g/mol. The highest BCUT2D eigenvalue weighted by Gasteiger charge is 2.25. The third-order valence-corrected chi connectivity index (χ3v) is 6.16. The Kier molecular flexibility index (Phi) is 6.71. The van der Waals surface area contributed by atoms with Gasteiger partial charge < -0.3 is 18.5 Å². The van der Waals surface area contributed by atoms with Crippen LogP contribution in [0.15, 0.2) is 103 Å². The standard InChI is InChI=1S/C26H23O4P/c1-27-22-15-9-16-23(19-22)30-31(29-21-13-7-4-8-14-21)25-18-10-17-24(28-2)26(25)20-11-5-3-6-12-20/h3-19H,1-2H3. The second-order valence-corrected chi connectivity index (χ2v) is 8.01. The molecule has 0 spiro atoms. The minimum Gasteiger partial charge on any atom is -0.497 e. The van der Waals surface area contributed by atoms with Crippen LogP contribution in [0, 0.1) is 0 Å². The first-order valence-corrected chi connectivity index (χ1v) is 11.0. The summed E-state index contributed by atoms with van der Waals surface area (Å²) >= 11 is 0. The van der Waals surface area contributed by atoms with Gasteiger partial charge in [0.05, 0.1) is 19.5 Å². The fourth-order valence-corrected chi connectivity index (χ4v) is 4.67. The van der Waals surface area contributed by atoms with Gasteiger partial charge in [0.25, 0.3) is 0 Å². The zero-order chi connectivity index (χ0) is 21.5. The van der Waals surface area contributed by atoms with Crippen molar-refractivity contribution in [2.75, 3.05) is 14.2 Å². The number of para-hydroxylation sites is 1. The first kappa shape index (κ1) is 20.8. The Labute approximate surface area is 183 Å². The number of benzene rings is 4. The summed E-state index contributed by atoms with van der Waals surface area (Å²) in [5.74, 6) is 2.89. The van der Waals surface area contributed by atoms with Crippen molar-refractivity contribution in [3.8, 4) is 34.1 Å². The van der Waals surface area contributed by atoms with Gasteiger partial charge in [0.2, 0.25) is 0 Å². The number of hydrogen-bond acceptors (Lipinski definition) is 4. The summed E-state index contributed by atoms with van der Waals surface area (Å²) in [6, 6.07) is 33.3. The molecule has 5 heteroatoms. The Hall–Kier alpha value is -3.49. The van der Waals surface area contributed by atoms with Crippen LogP contribution in [0.1, 0.15) is 0 Å². The van der Waals surface area contributed by atoms with E-state index in [0.29, 0.717) is 5.75 Å². The average Bonchev–Trinajstić information content (AvgIpc) is 2.84. The number of methoxy groups -OCH3 is 2. The van der Waals surface area contributed by atoms with Crippen molar-refractivity contribution in [3.63, 3.8) is 0 Å². The number of ether oxygens (including phenoxy) is 2. The van der Waals surface area contributed by atoms with Crippen LogP contribution in [0.2, 0.25) is 0 Å². The molecule has 4 aromatic carbocycles. The van der Waals surface area contributed by atoms with E-state index in [2.05, 4.69) is 12.1 Å². The zero-order valence-corrected chi connectivity index (χ0v) is 18.3. The molecule has 0 bridgehead atoms. The first-order valence-electron chi connectivity index (χ1n) is 9.86. The van der Waals surface area contributed by atoms with Crippen molar-refractivity contribution < 1.29 is 18.5 Å². The van der Waals surface area contributed by atoms with E-state index in [1.165, 1.54) is 0 Å². The van der Waals surface area contributed by atoms with Gasteiger partial charge >= 0.3 is 8.38 Å². The molecule has 31 heavy (non-hydrogen) atoms. The van der Waals surface area contributed by atoms with Gasteiger partial charge in [0, 0.05) is 11.6 Å². The molecule has 0 N–H and O–H groups in total. The van der Waals surface area contributed by atoms with Crippen molar-refractivity contribution in [2.24, 2.45) is 0 Å².